The Bertz CT molecular complexity index is 1020. The van der Waals surface area contributed by atoms with Crippen LogP contribution < -0.4 is 0 Å². The third kappa shape index (κ3) is 2.44. The topological polar surface area (TPSA) is 48.9 Å². The monoisotopic (exact) mass is 314 g/mol. The number of nitrogens with zero attached hydrogens (tertiary/aromatic N) is 1. The highest BCUT2D eigenvalue weighted by Gasteiger charge is 2.11. The standard InChI is InChI=1S/C21H18N2O/c1-2-14-6-3-4-9-18(14)20-13-23-21-19(20)11-16(12-22-21)15-7-5-8-17(24)10-15/h3-13,24H,2H2,1H3,(H,22,23). The van der Waals surface area contributed by atoms with Crippen molar-refractivity contribution in [1.29, 1.82) is 0 Å². The largest absolute Gasteiger partial charge is 0.508 e. The predicted octanol–water partition coefficient (Wildman–Crippen LogP) is 5.16. The molecule has 118 valence electrons. The summed E-state index contributed by atoms with van der Waals surface area (Å²) in [5, 5.41) is 10.8. The van der Waals surface area contributed by atoms with E-state index in [2.05, 4.69) is 47.2 Å². The average Bonchev–Trinajstić information content (AvgIpc) is 3.04. The van der Waals surface area contributed by atoms with Crippen LogP contribution in [0, 0.1) is 0 Å². The summed E-state index contributed by atoms with van der Waals surface area (Å²) in [7, 11) is 0. The molecule has 0 saturated heterocycles. The Labute approximate surface area is 140 Å². The number of rotatable bonds is 3. The molecule has 0 fully saturated rings. The first-order valence-corrected chi connectivity index (χ1v) is 8.11. The fourth-order valence-corrected chi connectivity index (χ4v) is 3.16. The van der Waals surface area contributed by atoms with Crippen LogP contribution in [0.5, 0.6) is 5.75 Å². The first kappa shape index (κ1) is 14.5. The third-order valence-electron chi connectivity index (χ3n) is 4.40. The number of H-pyrrole nitrogens is 1. The molecule has 0 atom stereocenters. The van der Waals surface area contributed by atoms with Crippen molar-refractivity contribution < 1.29 is 5.11 Å². The molecular weight excluding hydrogens is 296 g/mol. The van der Waals surface area contributed by atoms with Crippen LogP contribution in [-0.2, 0) is 6.42 Å². The average molecular weight is 314 g/mol. The number of pyridine rings is 1. The van der Waals surface area contributed by atoms with E-state index in [4.69, 9.17) is 0 Å². The number of aromatic hydroxyl groups is 1. The van der Waals surface area contributed by atoms with Gasteiger partial charge in [-0.1, -0.05) is 43.3 Å². The first-order valence-electron chi connectivity index (χ1n) is 8.11. The smallest absolute Gasteiger partial charge is 0.137 e. The number of nitrogens with one attached hydrogen (secondary N) is 1. The fourth-order valence-electron chi connectivity index (χ4n) is 3.16. The molecule has 24 heavy (non-hydrogen) atoms. The summed E-state index contributed by atoms with van der Waals surface area (Å²) in [5.74, 6) is 0.262. The maximum Gasteiger partial charge on any atom is 0.137 e. The zero-order valence-corrected chi connectivity index (χ0v) is 13.5. The number of hydrogen-bond acceptors (Lipinski definition) is 2. The molecule has 4 rings (SSSR count). The van der Waals surface area contributed by atoms with Crippen molar-refractivity contribution in [2.24, 2.45) is 0 Å². The highest BCUT2D eigenvalue weighted by molar-refractivity contribution is 5.96. The highest BCUT2D eigenvalue weighted by Crippen LogP contribution is 2.33. The fraction of sp³-hybridized carbons (Fsp3) is 0.0952. The molecule has 0 aliphatic heterocycles. The number of fused-ring (bicyclic) bond motifs is 1. The lowest BCUT2D eigenvalue weighted by Gasteiger charge is -2.07. The van der Waals surface area contributed by atoms with Crippen LogP contribution in [-0.4, -0.2) is 15.1 Å². The van der Waals surface area contributed by atoms with E-state index in [9.17, 15) is 5.11 Å². The van der Waals surface area contributed by atoms with Gasteiger partial charge in [0.05, 0.1) is 0 Å². The number of aromatic amines is 1. The number of aromatic nitrogens is 2. The van der Waals surface area contributed by atoms with Crippen LogP contribution in [0.2, 0.25) is 0 Å². The Morgan fingerprint density at radius 3 is 2.67 bits per heavy atom. The minimum Gasteiger partial charge on any atom is -0.508 e. The van der Waals surface area contributed by atoms with Gasteiger partial charge in [0.2, 0.25) is 0 Å². The van der Waals surface area contributed by atoms with Crippen molar-refractivity contribution in [3.05, 3.63) is 72.6 Å². The Hall–Kier alpha value is -3.07. The van der Waals surface area contributed by atoms with Gasteiger partial charge in [-0.15, -0.1) is 0 Å². The molecule has 0 spiro atoms. The van der Waals surface area contributed by atoms with E-state index < -0.39 is 0 Å². The van der Waals surface area contributed by atoms with Crippen LogP contribution >= 0.6 is 0 Å². The second-order valence-electron chi connectivity index (χ2n) is 5.88. The van der Waals surface area contributed by atoms with Gasteiger partial charge in [0.1, 0.15) is 11.4 Å². The van der Waals surface area contributed by atoms with Crippen molar-refractivity contribution in [1.82, 2.24) is 9.97 Å². The van der Waals surface area contributed by atoms with Gasteiger partial charge in [-0.05, 0) is 41.3 Å². The first-order chi connectivity index (χ1) is 11.8. The van der Waals surface area contributed by atoms with Gasteiger partial charge in [0.25, 0.3) is 0 Å². The summed E-state index contributed by atoms with van der Waals surface area (Å²) in [4.78, 5) is 7.82. The summed E-state index contributed by atoms with van der Waals surface area (Å²) in [5.41, 5.74) is 6.55. The van der Waals surface area contributed by atoms with E-state index in [0.717, 1.165) is 34.1 Å². The van der Waals surface area contributed by atoms with Crippen LogP contribution in [0.3, 0.4) is 0 Å². The maximum absolute atomic E-state index is 9.72. The quantitative estimate of drug-likeness (QED) is 0.548. The molecule has 0 saturated carbocycles. The van der Waals surface area contributed by atoms with Gasteiger partial charge in [-0.3, -0.25) is 0 Å². The lowest BCUT2D eigenvalue weighted by molar-refractivity contribution is 0.475. The Balaban J connectivity index is 1.91. The molecule has 0 aliphatic carbocycles. The van der Waals surface area contributed by atoms with E-state index >= 15 is 0 Å². The molecule has 0 aliphatic rings. The van der Waals surface area contributed by atoms with Crippen LogP contribution in [0.25, 0.3) is 33.3 Å². The second kappa shape index (κ2) is 5.85. The molecule has 0 bridgehead atoms. The molecule has 0 unspecified atom stereocenters. The number of phenolic OH excluding ortho intramolecular Hbond substituents is 1. The molecule has 2 heterocycles. The lowest BCUT2D eigenvalue weighted by Crippen LogP contribution is -1.87. The number of phenols is 1. The maximum atomic E-state index is 9.72. The Morgan fingerprint density at radius 2 is 1.83 bits per heavy atom. The van der Waals surface area contributed by atoms with E-state index in [-0.39, 0.29) is 5.75 Å². The molecular formula is C21H18N2O. The predicted molar refractivity (Wildman–Crippen MR) is 98.0 cm³/mol. The summed E-state index contributed by atoms with van der Waals surface area (Å²) >= 11 is 0. The van der Waals surface area contributed by atoms with E-state index in [1.54, 1.807) is 12.1 Å². The van der Waals surface area contributed by atoms with Gasteiger partial charge in [-0.2, -0.15) is 0 Å². The summed E-state index contributed by atoms with van der Waals surface area (Å²) < 4.78 is 0. The minimum absolute atomic E-state index is 0.262. The molecule has 3 nitrogen and oxygen atoms in total. The SMILES string of the molecule is CCc1ccccc1-c1c[nH]c2ncc(-c3cccc(O)c3)cc12. The highest BCUT2D eigenvalue weighted by atomic mass is 16.3. The van der Waals surface area contributed by atoms with Crippen molar-refractivity contribution >= 4 is 11.0 Å². The molecule has 2 N–H and O–H groups in total. The number of hydrogen-bond donors (Lipinski definition) is 2. The molecule has 3 heteroatoms. The minimum atomic E-state index is 0.262. The van der Waals surface area contributed by atoms with Gasteiger partial charge in [0, 0.05) is 28.9 Å². The number of aryl methyl sites for hydroxylation is 1. The normalized spacial score (nSPS) is 11.0. The van der Waals surface area contributed by atoms with Gasteiger partial charge in [0.15, 0.2) is 0 Å². The van der Waals surface area contributed by atoms with Crippen molar-refractivity contribution in [2.45, 2.75) is 13.3 Å². The lowest BCUT2D eigenvalue weighted by atomic mass is 9.97. The van der Waals surface area contributed by atoms with Crippen molar-refractivity contribution in [2.75, 3.05) is 0 Å². The molecule has 2 aromatic carbocycles. The molecule has 0 radical (unpaired) electrons. The van der Waals surface area contributed by atoms with Crippen LogP contribution in [0.15, 0.2) is 67.0 Å². The van der Waals surface area contributed by atoms with Gasteiger partial charge < -0.3 is 10.1 Å². The van der Waals surface area contributed by atoms with E-state index in [0.29, 0.717) is 0 Å². The number of benzene rings is 2. The zero-order chi connectivity index (χ0) is 16.5. The third-order valence-corrected chi connectivity index (χ3v) is 4.40. The second-order valence-corrected chi connectivity index (χ2v) is 5.88. The summed E-state index contributed by atoms with van der Waals surface area (Å²) in [6.07, 6.45) is 4.85. The van der Waals surface area contributed by atoms with Crippen molar-refractivity contribution in [3.63, 3.8) is 0 Å². The molecule has 2 aromatic heterocycles. The van der Waals surface area contributed by atoms with Gasteiger partial charge >= 0.3 is 0 Å². The zero-order valence-electron chi connectivity index (χ0n) is 13.5. The van der Waals surface area contributed by atoms with Crippen LogP contribution in [0.4, 0.5) is 0 Å². The molecule has 4 aromatic rings. The van der Waals surface area contributed by atoms with Crippen LogP contribution in [0.1, 0.15) is 12.5 Å². The Morgan fingerprint density at radius 1 is 0.958 bits per heavy atom. The Kier molecular flexibility index (Phi) is 3.54. The summed E-state index contributed by atoms with van der Waals surface area (Å²) in [6.45, 7) is 2.17. The van der Waals surface area contributed by atoms with Gasteiger partial charge in [-0.25, -0.2) is 4.98 Å². The van der Waals surface area contributed by atoms with E-state index in [1.807, 2.05) is 24.5 Å². The van der Waals surface area contributed by atoms with E-state index in [1.165, 1.54) is 11.1 Å². The molecule has 0 amide bonds. The summed E-state index contributed by atoms with van der Waals surface area (Å²) in [6, 6.07) is 17.9. The van der Waals surface area contributed by atoms with Crippen molar-refractivity contribution in [3.8, 4) is 28.0 Å².